The van der Waals surface area contributed by atoms with Crippen molar-refractivity contribution in [3.8, 4) is 0 Å². The third kappa shape index (κ3) is 4.52. The van der Waals surface area contributed by atoms with Crippen LogP contribution in [0.25, 0.3) is 0 Å². The lowest BCUT2D eigenvalue weighted by atomic mass is 9.90. The zero-order valence-electron chi connectivity index (χ0n) is 16.4. The van der Waals surface area contributed by atoms with E-state index in [2.05, 4.69) is 50.3 Å². The third-order valence-corrected chi connectivity index (χ3v) is 6.70. The zero-order valence-corrected chi connectivity index (χ0v) is 17.2. The average molecular weight is 390 g/mol. The second-order valence-corrected chi connectivity index (χ2v) is 8.64. The first-order chi connectivity index (χ1) is 13.2. The molecule has 0 aliphatic carbocycles. The first kappa shape index (κ1) is 18.9. The molecule has 6 nitrogen and oxygen atoms in total. The maximum Gasteiger partial charge on any atom is 0.183 e. The molecular formula is C20H31N5OS. The van der Waals surface area contributed by atoms with Crippen molar-refractivity contribution in [3.63, 3.8) is 0 Å². The van der Waals surface area contributed by atoms with Gasteiger partial charge in [0, 0.05) is 56.3 Å². The van der Waals surface area contributed by atoms with E-state index in [1.54, 1.807) is 11.3 Å². The van der Waals surface area contributed by atoms with Gasteiger partial charge in [0.1, 0.15) is 6.10 Å². The van der Waals surface area contributed by atoms with Gasteiger partial charge >= 0.3 is 0 Å². The predicted molar refractivity (Wildman–Crippen MR) is 109 cm³/mol. The molecule has 4 heterocycles. The summed E-state index contributed by atoms with van der Waals surface area (Å²) in [7, 11) is 0. The molecule has 0 amide bonds. The molecular weight excluding hydrogens is 358 g/mol. The van der Waals surface area contributed by atoms with Crippen molar-refractivity contribution in [2.45, 2.75) is 58.2 Å². The molecule has 0 radical (unpaired) electrons. The Bertz CT molecular complexity index is 722. The maximum absolute atomic E-state index is 6.21. The maximum atomic E-state index is 6.21. The fourth-order valence-electron chi connectivity index (χ4n) is 4.39. The second-order valence-electron chi connectivity index (χ2n) is 7.78. The minimum absolute atomic E-state index is 0.190. The highest BCUT2D eigenvalue weighted by Crippen LogP contribution is 2.34. The monoisotopic (exact) mass is 389 g/mol. The van der Waals surface area contributed by atoms with Gasteiger partial charge in [-0.2, -0.15) is 5.10 Å². The largest absolute Gasteiger partial charge is 0.372 e. The van der Waals surface area contributed by atoms with Crippen molar-refractivity contribution in [1.82, 2.24) is 19.7 Å². The van der Waals surface area contributed by atoms with Crippen LogP contribution in [-0.2, 0) is 11.3 Å². The van der Waals surface area contributed by atoms with Gasteiger partial charge in [-0.05, 0) is 45.6 Å². The van der Waals surface area contributed by atoms with E-state index in [1.807, 2.05) is 6.20 Å². The Balaban J connectivity index is 1.32. The number of piperidine rings is 1. The Labute approximate surface area is 165 Å². The highest BCUT2D eigenvalue weighted by Gasteiger charge is 2.32. The number of hydrogen-bond donors (Lipinski definition) is 1. The van der Waals surface area contributed by atoms with Crippen molar-refractivity contribution in [3.05, 3.63) is 29.0 Å². The Morgan fingerprint density at radius 1 is 1.30 bits per heavy atom. The van der Waals surface area contributed by atoms with Crippen molar-refractivity contribution in [2.75, 3.05) is 31.6 Å². The molecule has 0 saturated carbocycles. The molecule has 0 spiro atoms. The summed E-state index contributed by atoms with van der Waals surface area (Å²) in [5, 5.41) is 11.3. The lowest BCUT2D eigenvalue weighted by molar-refractivity contribution is -0.0451. The summed E-state index contributed by atoms with van der Waals surface area (Å²) >= 11 is 1.71. The van der Waals surface area contributed by atoms with Gasteiger partial charge in [0.2, 0.25) is 0 Å². The lowest BCUT2D eigenvalue weighted by Crippen LogP contribution is -2.43. The minimum Gasteiger partial charge on any atom is -0.372 e. The molecule has 7 heteroatoms. The van der Waals surface area contributed by atoms with E-state index >= 15 is 0 Å². The van der Waals surface area contributed by atoms with Crippen LogP contribution in [0.4, 0.5) is 5.13 Å². The number of anilines is 1. The molecule has 2 saturated heterocycles. The van der Waals surface area contributed by atoms with Crippen LogP contribution < -0.4 is 5.32 Å². The summed E-state index contributed by atoms with van der Waals surface area (Å²) in [4.78, 5) is 7.17. The number of aromatic nitrogens is 3. The second kappa shape index (κ2) is 8.71. The number of rotatable bonds is 6. The van der Waals surface area contributed by atoms with E-state index in [0.717, 1.165) is 43.6 Å². The van der Waals surface area contributed by atoms with E-state index < -0.39 is 0 Å². The van der Waals surface area contributed by atoms with Crippen LogP contribution in [-0.4, -0.2) is 51.9 Å². The summed E-state index contributed by atoms with van der Waals surface area (Å²) in [6.07, 6.45) is 6.88. The molecule has 0 aromatic carbocycles. The zero-order chi connectivity index (χ0) is 18.6. The van der Waals surface area contributed by atoms with E-state index in [4.69, 9.17) is 4.74 Å². The molecule has 2 aromatic rings. The van der Waals surface area contributed by atoms with E-state index in [1.165, 1.54) is 31.4 Å². The summed E-state index contributed by atoms with van der Waals surface area (Å²) in [5.74, 6) is 0.562. The molecule has 2 aromatic heterocycles. The van der Waals surface area contributed by atoms with Gasteiger partial charge in [0.15, 0.2) is 5.13 Å². The van der Waals surface area contributed by atoms with Crippen LogP contribution in [0.1, 0.15) is 50.1 Å². The Kier molecular flexibility index (Phi) is 6.10. The summed E-state index contributed by atoms with van der Waals surface area (Å²) in [6, 6.07) is 2.69. The first-order valence-corrected chi connectivity index (χ1v) is 11.1. The highest BCUT2D eigenvalue weighted by atomic mass is 32.1. The molecule has 2 aliphatic rings. The molecule has 0 unspecified atom stereocenters. The lowest BCUT2D eigenvalue weighted by Gasteiger charge is -2.38. The van der Waals surface area contributed by atoms with Crippen LogP contribution in [0.3, 0.4) is 0 Å². The molecule has 0 bridgehead atoms. The van der Waals surface area contributed by atoms with Gasteiger partial charge < -0.3 is 15.0 Å². The fraction of sp³-hybridized carbons (Fsp3) is 0.700. The molecule has 148 valence electrons. The molecule has 2 fully saturated rings. The van der Waals surface area contributed by atoms with Crippen LogP contribution >= 0.6 is 11.3 Å². The summed E-state index contributed by atoms with van der Waals surface area (Å²) < 4.78 is 8.31. The number of likely N-dealkylation sites (tertiary alicyclic amines) is 1. The summed E-state index contributed by atoms with van der Waals surface area (Å²) in [5.41, 5.74) is 2.35. The Morgan fingerprint density at radius 3 is 2.89 bits per heavy atom. The van der Waals surface area contributed by atoms with Gasteiger partial charge in [-0.1, -0.05) is 0 Å². The molecule has 27 heavy (non-hydrogen) atoms. The van der Waals surface area contributed by atoms with Crippen LogP contribution in [0.5, 0.6) is 0 Å². The number of thiazole rings is 1. The standard InChI is InChI=1S/C20H31N5OS/c1-3-25-18(6-9-21-25)19-16(5-4-12-26-19)13-24-10-7-17(8-11-24)23-20-22-15(2)14-27-20/h6,9,14,16-17,19H,3-5,7-8,10-13H2,1-2H3,(H,22,23)/t16-,19+/m0/s1. The number of nitrogens with zero attached hydrogens (tertiary/aromatic N) is 4. The first-order valence-electron chi connectivity index (χ1n) is 10.3. The minimum atomic E-state index is 0.190. The fourth-order valence-corrected chi connectivity index (χ4v) is 5.16. The van der Waals surface area contributed by atoms with Gasteiger partial charge in [0.25, 0.3) is 0 Å². The number of hydrogen-bond acceptors (Lipinski definition) is 6. The average Bonchev–Trinajstić information content (AvgIpc) is 3.32. The highest BCUT2D eigenvalue weighted by molar-refractivity contribution is 7.13. The van der Waals surface area contributed by atoms with Gasteiger partial charge in [-0.3, -0.25) is 4.68 Å². The van der Waals surface area contributed by atoms with Crippen molar-refractivity contribution in [2.24, 2.45) is 5.92 Å². The van der Waals surface area contributed by atoms with Gasteiger partial charge in [-0.25, -0.2) is 4.98 Å². The van der Waals surface area contributed by atoms with Crippen molar-refractivity contribution < 1.29 is 4.74 Å². The van der Waals surface area contributed by atoms with Crippen molar-refractivity contribution in [1.29, 1.82) is 0 Å². The van der Waals surface area contributed by atoms with Crippen LogP contribution in [0, 0.1) is 12.8 Å². The van der Waals surface area contributed by atoms with Crippen LogP contribution in [0.2, 0.25) is 0 Å². The predicted octanol–water partition coefficient (Wildman–Crippen LogP) is 3.71. The Hall–Kier alpha value is -1.44. The molecule has 1 N–H and O–H groups in total. The topological polar surface area (TPSA) is 55.2 Å². The van der Waals surface area contributed by atoms with Gasteiger partial charge in [-0.15, -0.1) is 11.3 Å². The molecule has 2 aliphatic heterocycles. The number of ether oxygens (including phenoxy) is 1. The Morgan fingerprint density at radius 2 is 2.15 bits per heavy atom. The van der Waals surface area contributed by atoms with Crippen LogP contribution in [0.15, 0.2) is 17.6 Å². The van der Waals surface area contributed by atoms with E-state index in [9.17, 15) is 0 Å². The third-order valence-electron chi connectivity index (χ3n) is 5.81. The quantitative estimate of drug-likeness (QED) is 0.816. The van der Waals surface area contributed by atoms with E-state index in [0.29, 0.717) is 12.0 Å². The smallest absolute Gasteiger partial charge is 0.183 e. The molecule has 4 rings (SSSR count). The SMILES string of the molecule is CCn1nccc1[C@@H]1OCCC[C@H]1CN1CCC(Nc2nc(C)cs2)CC1. The normalized spacial score (nSPS) is 25.0. The van der Waals surface area contributed by atoms with Crippen molar-refractivity contribution >= 4 is 16.5 Å². The number of aryl methyl sites for hydroxylation is 2. The van der Waals surface area contributed by atoms with E-state index in [-0.39, 0.29) is 6.10 Å². The number of nitrogens with one attached hydrogen (secondary N) is 1. The summed E-state index contributed by atoms with van der Waals surface area (Å²) in [6.45, 7) is 9.41. The molecule has 2 atom stereocenters. The van der Waals surface area contributed by atoms with Gasteiger partial charge in [0.05, 0.1) is 11.4 Å².